The quantitative estimate of drug-likeness (QED) is 0.732. The van der Waals surface area contributed by atoms with Crippen molar-refractivity contribution in [2.75, 3.05) is 19.6 Å². The molecule has 3 heterocycles. The molecule has 1 amide bonds. The number of hydrogen-bond acceptors (Lipinski definition) is 5. The molecule has 1 N–H and O–H groups in total. The molecule has 0 saturated carbocycles. The number of alkyl halides is 3. The topological polar surface area (TPSA) is 86.9 Å². The lowest BCUT2D eigenvalue weighted by Gasteiger charge is -2.38. The van der Waals surface area contributed by atoms with Gasteiger partial charge in [0.1, 0.15) is 5.76 Å². The van der Waals surface area contributed by atoms with Crippen LogP contribution in [0.2, 0.25) is 0 Å². The van der Waals surface area contributed by atoms with Gasteiger partial charge in [-0.2, -0.15) is 13.2 Å². The van der Waals surface area contributed by atoms with E-state index in [0.29, 0.717) is 18.9 Å². The first-order valence-corrected chi connectivity index (χ1v) is 10.7. The summed E-state index contributed by atoms with van der Waals surface area (Å²) in [5.74, 6) is -1.61. The molecule has 1 aromatic heterocycles. The van der Waals surface area contributed by atoms with E-state index in [9.17, 15) is 18.0 Å². The first kappa shape index (κ1) is 25.2. The van der Waals surface area contributed by atoms with E-state index in [1.165, 1.54) is 32.4 Å². The second-order valence-corrected chi connectivity index (χ2v) is 8.36. The molecule has 0 radical (unpaired) electrons. The van der Waals surface area contributed by atoms with Crippen molar-refractivity contribution in [1.82, 2.24) is 15.0 Å². The fraction of sp³-hybridized carbons (Fsp3) is 0.762. The van der Waals surface area contributed by atoms with Crippen LogP contribution in [0, 0.1) is 13.8 Å². The van der Waals surface area contributed by atoms with Crippen LogP contribution < -0.4 is 0 Å². The Morgan fingerprint density at radius 1 is 1.23 bits per heavy atom. The van der Waals surface area contributed by atoms with Gasteiger partial charge < -0.3 is 19.4 Å². The van der Waals surface area contributed by atoms with Crippen LogP contribution in [-0.4, -0.2) is 63.3 Å². The third kappa shape index (κ3) is 6.44. The molecule has 0 bridgehead atoms. The molecule has 1 aromatic rings. The molecule has 7 nitrogen and oxygen atoms in total. The molecule has 1 unspecified atom stereocenters. The monoisotopic (exact) mass is 447 g/mol. The highest BCUT2D eigenvalue weighted by Gasteiger charge is 2.46. The minimum absolute atomic E-state index is 0.0498. The number of carbonyl (C=O) groups is 2. The molecule has 0 aromatic carbocycles. The van der Waals surface area contributed by atoms with E-state index >= 15 is 0 Å². The van der Waals surface area contributed by atoms with Crippen LogP contribution in [0.5, 0.6) is 0 Å². The molecular weight excluding hydrogens is 415 g/mol. The molecule has 2 aliphatic rings. The van der Waals surface area contributed by atoms with E-state index in [-0.39, 0.29) is 5.54 Å². The normalized spacial score (nSPS) is 22.4. The Kier molecular flexibility index (Phi) is 8.50. The Morgan fingerprint density at radius 2 is 1.90 bits per heavy atom. The Hall–Kier alpha value is -2.10. The number of halogens is 3. The number of aryl methyl sites for hydroxylation is 2. The standard InChI is InChI=1S/C19H31N3O2.C2HF3O2/c1-4-5-11-21-12-6-8-19(10-13-21)9-7-18(23)22(19)14-17-15(2)20-24-16(17)3;3-2(4,5)1(6)7/h4-14H2,1-3H3;(H,6,7). The van der Waals surface area contributed by atoms with Crippen molar-refractivity contribution >= 4 is 11.9 Å². The van der Waals surface area contributed by atoms with Gasteiger partial charge in [0.15, 0.2) is 0 Å². The molecule has 2 aliphatic heterocycles. The second-order valence-electron chi connectivity index (χ2n) is 8.36. The highest BCUT2D eigenvalue weighted by atomic mass is 19.4. The number of aliphatic carboxylic acids is 1. The zero-order chi connectivity index (χ0) is 23.2. The third-order valence-electron chi connectivity index (χ3n) is 6.26. The van der Waals surface area contributed by atoms with Gasteiger partial charge in [-0.25, -0.2) is 4.79 Å². The fourth-order valence-corrected chi connectivity index (χ4v) is 4.38. The maximum Gasteiger partial charge on any atom is 0.490 e. The van der Waals surface area contributed by atoms with Crippen molar-refractivity contribution < 1.29 is 32.4 Å². The van der Waals surface area contributed by atoms with E-state index in [2.05, 4.69) is 21.9 Å². The number of rotatable bonds is 5. The van der Waals surface area contributed by atoms with Gasteiger partial charge in [-0.05, 0) is 59.0 Å². The summed E-state index contributed by atoms with van der Waals surface area (Å²) in [5, 5.41) is 11.2. The molecule has 2 saturated heterocycles. The van der Waals surface area contributed by atoms with E-state index in [1.807, 2.05) is 13.8 Å². The fourth-order valence-electron chi connectivity index (χ4n) is 4.38. The molecule has 1 spiro atoms. The van der Waals surface area contributed by atoms with Crippen molar-refractivity contribution in [3.8, 4) is 0 Å². The van der Waals surface area contributed by atoms with Crippen LogP contribution >= 0.6 is 0 Å². The van der Waals surface area contributed by atoms with Crippen molar-refractivity contribution in [2.24, 2.45) is 0 Å². The summed E-state index contributed by atoms with van der Waals surface area (Å²) in [5.41, 5.74) is 2.06. The lowest BCUT2D eigenvalue weighted by atomic mass is 9.87. The van der Waals surface area contributed by atoms with Gasteiger partial charge in [0.25, 0.3) is 0 Å². The smallest absolute Gasteiger partial charge is 0.475 e. The molecule has 176 valence electrons. The summed E-state index contributed by atoms with van der Waals surface area (Å²) in [6.07, 6.45) is 2.56. The molecule has 2 fully saturated rings. The summed E-state index contributed by atoms with van der Waals surface area (Å²) in [6, 6.07) is 0. The predicted molar refractivity (Wildman–Crippen MR) is 107 cm³/mol. The Labute approximate surface area is 180 Å². The summed E-state index contributed by atoms with van der Waals surface area (Å²) in [4.78, 5) is 26.3. The van der Waals surface area contributed by atoms with Crippen LogP contribution in [-0.2, 0) is 16.1 Å². The van der Waals surface area contributed by atoms with E-state index in [1.54, 1.807) is 0 Å². The lowest BCUT2D eigenvalue weighted by Crippen LogP contribution is -2.46. The van der Waals surface area contributed by atoms with Crippen LogP contribution in [0.1, 0.15) is 68.9 Å². The van der Waals surface area contributed by atoms with E-state index in [0.717, 1.165) is 42.8 Å². The third-order valence-corrected chi connectivity index (χ3v) is 6.26. The highest BCUT2D eigenvalue weighted by Crippen LogP contribution is 2.40. The highest BCUT2D eigenvalue weighted by molar-refractivity contribution is 5.79. The maximum absolute atomic E-state index is 12.6. The largest absolute Gasteiger partial charge is 0.490 e. The summed E-state index contributed by atoms with van der Waals surface area (Å²) >= 11 is 0. The number of hydrogen-bond donors (Lipinski definition) is 1. The number of nitrogens with zero attached hydrogens (tertiary/aromatic N) is 3. The van der Waals surface area contributed by atoms with Crippen LogP contribution in [0.4, 0.5) is 13.2 Å². The first-order valence-electron chi connectivity index (χ1n) is 10.7. The average Bonchev–Trinajstić information content (AvgIpc) is 3.08. The van der Waals surface area contributed by atoms with Crippen molar-refractivity contribution in [3.63, 3.8) is 0 Å². The Bertz CT molecular complexity index is 746. The summed E-state index contributed by atoms with van der Waals surface area (Å²) in [7, 11) is 0. The molecule has 0 aliphatic carbocycles. The summed E-state index contributed by atoms with van der Waals surface area (Å²) < 4.78 is 37.0. The number of unbranched alkanes of at least 4 members (excludes halogenated alkanes) is 1. The zero-order valence-corrected chi connectivity index (χ0v) is 18.4. The maximum atomic E-state index is 12.6. The molecule has 10 heteroatoms. The van der Waals surface area contributed by atoms with Crippen LogP contribution in [0.3, 0.4) is 0 Å². The van der Waals surface area contributed by atoms with Gasteiger partial charge in [0, 0.05) is 24.1 Å². The molecule has 1 atom stereocenters. The minimum atomic E-state index is -5.08. The SMILES string of the molecule is CCCCN1CCCC2(CCC(=O)N2Cc2c(C)noc2C)CC1.O=C(O)C(F)(F)F. The molecular formula is C21H32F3N3O4. The van der Waals surface area contributed by atoms with Crippen LogP contribution in [0.15, 0.2) is 4.52 Å². The van der Waals surface area contributed by atoms with E-state index in [4.69, 9.17) is 14.4 Å². The average molecular weight is 447 g/mol. The lowest BCUT2D eigenvalue weighted by molar-refractivity contribution is -0.192. The van der Waals surface area contributed by atoms with Crippen molar-refractivity contribution in [3.05, 3.63) is 17.0 Å². The number of amides is 1. The van der Waals surface area contributed by atoms with Gasteiger partial charge in [-0.3, -0.25) is 4.79 Å². The van der Waals surface area contributed by atoms with Crippen LogP contribution in [0.25, 0.3) is 0 Å². The number of carboxylic acid groups (broad SMARTS) is 1. The van der Waals surface area contributed by atoms with Gasteiger partial charge in [0.05, 0.1) is 12.2 Å². The Balaban J connectivity index is 0.000000423. The number of carboxylic acids is 1. The molecule has 31 heavy (non-hydrogen) atoms. The van der Waals surface area contributed by atoms with Crippen molar-refractivity contribution in [1.29, 1.82) is 0 Å². The van der Waals surface area contributed by atoms with Gasteiger partial charge in [-0.1, -0.05) is 18.5 Å². The Morgan fingerprint density at radius 3 is 2.45 bits per heavy atom. The number of likely N-dealkylation sites (tertiary alicyclic amines) is 2. The van der Waals surface area contributed by atoms with Gasteiger partial charge in [-0.15, -0.1) is 0 Å². The van der Waals surface area contributed by atoms with Gasteiger partial charge in [0.2, 0.25) is 5.91 Å². The molecule has 3 rings (SSSR count). The first-order chi connectivity index (χ1) is 14.5. The second kappa shape index (κ2) is 10.5. The summed E-state index contributed by atoms with van der Waals surface area (Å²) in [6.45, 7) is 10.3. The minimum Gasteiger partial charge on any atom is -0.475 e. The predicted octanol–water partition coefficient (Wildman–Crippen LogP) is 4.07. The van der Waals surface area contributed by atoms with Crippen molar-refractivity contribution in [2.45, 2.75) is 84.0 Å². The van der Waals surface area contributed by atoms with E-state index < -0.39 is 12.1 Å². The number of aromatic nitrogens is 1. The zero-order valence-electron chi connectivity index (χ0n) is 18.4. The number of carbonyl (C=O) groups excluding carboxylic acids is 1. The van der Waals surface area contributed by atoms with Gasteiger partial charge >= 0.3 is 12.1 Å².